The first kappa shape index (κ1) is 11.3. The fraction of sp³-hybridized carbons (Fsp3) is 0.417. The molecule has 2 rings (SSSR count). The highest BCUT2D eigenvalue weighted by Gasteiger charge is 2.21. The van der Waals surface area contributed by atoms with Gasteiger partial charge in [-0.2, -0.15) is 5.26 Å². The van der Waals surface area contributed by atoms with Crippen molar-refractivity contribution in [2.75, 3.05) is 24.5 Å². The molecule has 1 heterocycles. The third kappa shape index (κ3) is 2.66. The van der Waals surface area contributed by atoms with Crippen LogP contribution in [-0.4, -0.2) is 25.7 Å². The summed E-state index contributed by atoms with van der Waals surface area (Å²) < 4.78 is 0. The van der Waals surface area contributed by atoms with E-state index in [1.165, 1.54) is 5.69 Å². The number of nitrogens with one attached hydrogen (secondary N) is 1. The largest absolute Gasteiger partial charge is 0.370 e. The van der Waals surface area contributed by atoms with Crippen LogP contribution in [0.25, 0.3) is 0 Å². The molecule has 84 valence electrons. The average Bonchev–Trinajstić information content (AvgIpc) is 2.76. The first-order valence-corrected chi connectivity index (χ1v) is 5.78. The number of anilines is 1. The molecule has 0 aliphatic carbocycles. The molecule has 1 aliphatic heterocycles. The lowest BCUT2D eigenvalue weighted by atomic mass is 10.2. The van der Waals surface area contributed by atoms with E-state index >= 15 is 0 Å². The maximum absolute atomic E-state index is 8.50. The molecule has 1 unspecified atom stereocenters. The predicted molar refractivity (Wildman–Crippen MR) is 65.7 cm³/mol. The molecule has 1 fully saturated rings. The number of rotatable bonds is 3. The minimum absolute atomic E-state index is 0.426. The van der Waals surface area contributed by atoms with Gasteiger partial charge in [-0.1, -0.05) is 11.6 Å². The van der Waals surface area contributed by atoms with Crippen LogP contribution in [0.3, 0.4) is 0 Å². The molecule has 0 saturated carbocycles. The molecule has 1 saturated heterocycles. The molecule has 1 atom stereocenters. The van der Waals surface area contributed by atoms with Crippen LogP contribution in [0.4, 0.5) is 5.69 Å². The topological polar surface area (TPSA) is 39.1 Å². The van der Waals surface area contributed by atoms with E-state index in [1.807, 2.05) is 24.3 Å². The summed E-state index contributed by atoms with van der Waals surface area (Å²) in [6, 6.07) is 10.4. The second kappa shape index (κ2) is 5.20. The molecule has 0 radical (unpaired) electrons. The number of hydrogen-bond acceptors (Lipinski definition) is 3. The fourth-order valence-corrected chi connectivity index (χ4v) is 2.13. The minimum atomic E-state index is 0.426. The Bertz CT molecular complexity index is 382. The summed E-state index contributed by atoms with van der Waals surface area (Å²) in [4.78, 5) is 2.31. The van der Waals surface area contributed by atoms with E-state index in [9.17, 15) is 0 Å². The Kier molecular flexibility index (Phi) is 3.66. The summed E-state index contributed by atoms with van der Waals surface area (Å²) in [5, 5.41) is 12.5. The van der Waals surface area contributed by atoms with Gasteiger partial charge in [0.15, 0.2) is 0 Å². The van der Waals surface area contributed by atoms with Gasteiger partial charge in [0, 0.05) is 29.8 Å². The van der Waals surface area contributed by atoms with Crippen LogP contribution in [0.15, 0.2) is 24.3 Å². The van der Waals surface area contributed by atoms with Crippen LogP contribution in [0, 0.1) is 11.3 Å². The van der Waals surface area contributed by atoms with Crippen molar-refractivity contribution in [3.05, 3.63) is 29.3 Å². The van der Waals surface area contributed by atoms with Crippen LogP contribution >= 0.6 is 11.6 Å². The van der Waals surface area contributed by atoms with Gasteiger partial charge in [-0.05, 0) is 30.7 Å². The summed E-state index contributed by atoms with van der Waals surface area (Å²) in [7, 11) is 0. The Hall–Kier alpha value is -1.24. The van der Waals surface area contributed by atoms with E-state index < -0.39 is 0 Å². The van der Waals surface area contributed by atoms with E-state index in [-0.39, 0.29) is 0 Å². The average molecular weight is 236 g/mol. The SMILES string of the molecule is N#CCNC1CCN(c2ccc(Cl)cc2)C1. The molecule has 1 aromatic rings. The predicted octanol–water partition coefficient (Wildman–Crippen LogP) is 2.03. The van der Waals surface area contributed by atoms with E-state index in [0.717, 1.165) is 24.5 Å². The molecule has 1 aromatic carbocycles. The second-order valence-corrected chi connectivity index (χ2v) is 4.38. The van der Waals surface area contributed by atoms with Crippen molar-refractivity contribution in [2.45, 2.75) is 12.5 Å². The van der Waals surface area contributed by atoms with Crippen LogP contribution < -0.4 is 10.2 Å². The van der Waals surface area contributed by atoms with Crippen molar-refractivity contribution in [1.29, 1.82) is 5.26 Å². The maximum atomic E-state index is 8.50. The van der Waals surface area contributed by atoms with Gasteiger partial charge in [-0.15, -0.1) is 0 Å². The van der Waals surface area contributed by atoms with Crippen molar-refractivity contribution in [3.8, 4) is 6.07 Å². The molecule has 1 N–H and O–H groups in total. The van der Waals surface area contributed by atoms with E-state index in [4.69, 9.17) is 16.9 Å². The molecular formula is C12H14ClN3. The zero-order valence-electron chi connectivity index (χ0n) is 8.99. The number of nitriles is 1. The van der Waals surface area contributed by atoms with Crippen molar-refractivity contribution in [3.63, 3.8) is 0 Å². The van der Waals surface area contributed by atoms with Gasteiger partial charge in [0.25, 0.3) is 0 Å². The summed E-state index contributed by atoms with van der Waals surface area (Å²) >= 11 is 5.85. The molecular weight excluding hydrogens is 222 g/mol. The van der Waals surface area contributed by atoms with Gasteiger partial charge < -0.3 is 4.90 Å². The lowest BCUT2D eigenvalue weighted by Crippen LogP contribution is -2.32. The van der Waals surface area contributed by atoms with Gasteiger partial charge in [0.1, 0.15) is 0 Å². The number of benzene rings is 1. The van der Waals surface area contributed by atoms with Crippen LogP contribution in [0.2, 0.25) is 5.02 Å². The smallest absolute Gasteiger partial charge is 0.0843 e. The van der Waals surface area contributed by atoms with Crippen molar-refractivity contribution in [2.24, 2.45) is 0 Å². The lowest BCUT2D eigenvalue weighted by Gasteiger charge is -2.18. The fourth-order valence-electron chi connectivity index (χ4n) is 2.00. The third-order valence-electron chi connectivity index (χ3n) is 2.85. The van der Waals surface area contributed by atoms with Gasteiger partial charge in [0.2, 0.25) is 0 Å². The molecule has 1 aliphatic rings. The number of nitrogens with zero attached hydrogens (tertiary/aromatic N) is 2. The van der Waals surface area contributed by atoms with Gasteiger partial charge in [0.05, 0.1) is 12.6 Å². The van der Waals surface area contributed by atoms with Gasteiger partial charge in [-0.3, -0.25) is 5.32 Å². The maximum Gasteiger partial charge on any atom is 0.0843 e. The molecule has 0 aromatic heterocycles. The first-order chi connectivity index (χ1) is 7.79. The van der Waals surface area contributed by atoms with Crippen LogP contribution in [0.5, 0.6) is 0 Å². The highest BCUT2D eigenvalue weighted by molar-refractivity contribution is 6.30. The quantitative estimate of drug-likeness (QED) is 0.815. The molecule has 16 heavy (non-hydrogen) atoms. The van der Waals surface area contributed by atoms with Crippen molar-refractivity contribution >= 4 is 17.3 Å². The molecule has 3 nitrogen and oxygen atoms in total. The summed E-state index contributed by atoms with van der Waals surface area (Å²) in [6.45, 7) is 2.42. The second-order valence-electron chi connectivity index (χ2n) is 3.95. The Labute approximate surface area is 101 Å². The molecule has 0 amide bonds. The van der Waals surface area contributed by atoms with Gasteiger partial charge in [-0.25, -0.2) is 0 Å². The minimum Gasteiger partial charge on any atom is -0.370 e. The number of hydrogen-bond donors (Lipinski definition) is 1. The third-order valence-corrected chi connectivity index (χ3v) is 3.10. The summed E-state index contributed by atoms with van der Waals surface area (Å²) in [6.07, 6.45) is 1.09. The number of halogens is 1. The zero-order chi connectivity index (χ0) is 11.4. The van der Waals surface area contributed by atoms with Crippen LogP contribution in [0.1, 0.15) is 6.42 Å². The first-order valence-electron chi connectivity index (χ1n) is 5.40. The molecule has 0 spiro atoms. The summed E-state index contributed by atoms with van der Waals surface area (Å²) in [5.74, 6) is 0. The molecule has 0 bridgehead atoms. The van der Waals surface area contributed by atoms with Crippen molar-refractivity contribution in [1.82, 2.24) is 5.32 Å². The normalized spacial score (nSPS) is 19.8. The Morgan fingerprint density at radius 2 is 2.19 bits per heavy atom. The lowest BCUT2D eigenvalue weighted by molar-refractivity contribution is 0.591. The van der Waals surface area contributed by atoms with Gasteiger partial charge >= 0.3 is 0 Å². The highest BCUT2D eigenvalue weighted by atomic mass is 35.5. The van der Waals surface area contributed by atoms with E-state index in [0.29, 0.717) is 12.6 Å². The monoisotopic (exact) mass is 235 g/mol. The van der Waals surface area contributed by atoms with E-state index in [2.05, 4.69) is 16.3 Å². The standard InChI is InChI=1S/C12H14ClN3/c13-10-1-3-12(4-2-10)16-8-5-11(9-16)15-7-6-14/h1-4,11,15H,5,7-9H2. The Balaban J connectivity index is 1.93. The van der Waals surface area contributed by atoms with Crippen molar-refractivity contribution < 1.29 is 0 Å². The summed E-state index contributed by atoms with van der Waals surface area (Å²) in [5.41, 5.74) is 1.20. The highest BCUT2D eigenvalue weighted by Crippen LogP contribution is 2.22. The zero-order valence-corrected chi connectivity index (χ0v) is 9.74. The van der Waals surface area contributed by atoms with Crippen LogP contribution in [-0.2, 0) is 0 Å². The Morgan fingerprint density at radius 1 is 1.44 bits per heavy atom. The molecule has 4 heteroatoms. The van der Waals surface area contributed by atoms with E-state index in [1.54, 1.807) is 0 Å². The Morgan fingerprint density at radius 3 is 2.88 bits per heavy atom.